The van der Waals surface area contributed by atoms with Crippen molar-refractivity contribution >= 4 is 23.6 Å². The largest absolute Gasteiger partial charge is 0.466 e. The van der Waals surface area contributed by atoms with Crippen molar-refractivity contribution in [1.82, 2.24) is 0 Å². The van der Waals surface area contributed by atoms with E-state index in [1.165, 1.54) is 25.1 Å². The van der Waals surface area contributed by atoms with Crippen LogP contribution in [0.1, 0.15) is 30.1 Å². The van der Waals surface area contributed by atoms with Gasteiger partial charge in [-0.3, -0.25) is 14.9 Å². The van der Waals surface area contributed by atoms with Gasteiger partial charge in [-0.2, -0.15) is 0 Å². The minimum absolute atomic E-state index is 0.00926. The monoisotopic (exact) mass is 363 g/mol. The molecule has 9 nitrogen and oxygen atoms in total. The predicted octanol–water partition coefficient (Wildman–Crippen LogP) is 1.95. The second-order valence-corrected chi connectivity index (χ2v) is 5.57. The molecule has 0 radical (unpaired) electrons. The van der Waals surface area contributed by atoms with Crippen molar-refractivity contribution in [3.8, 4) is 0 Å². The summed E-state index contributed by atoms with van der Waals surface area (Å²) in [5.74, 6) is -2.40. The number of nitrogens with zero attached hydrogens (tertiary/aromatic N) is 1. The number of nitro groups is 1. The van der Waals surface area contributed by atoms with E-state index in [2.05, 4.69) is 0 Å². The Morgan fingerprint density at radius 2 is 1.88 bits per heavy atom. The molecule has 0 bridgehead atoms. The zero-order valence-corrected chi connectivity index (χ0v) is 14.2. The first-order valence-electron chi connectivity index (χ1n) is 7.70. The number of allylic oxidation sites excluding steroid dienone is 1. The van der Waals surface area contributed by atoms with Crippen LogP contribution < -0.4 is 0 Å². The summed E-state index contributed by atoms with van der Waals surface area (Å²) < 4.78 is 15.3. The molecule has 0 unspecified atom stereocenters. The van der Waals surface area contributed by atoms with E-state index in [1.807, 2.05) is 0 Å². The zero-order chi connectivity index (χ0) is 19.3. The van der Waals surface area contributed by atoms with Crippen LogP contribution in [0.4, 0.5) is 5.69 Å². The third-order valence-electron chi connectivity index (χ3n) is 3.87. The van der Waals surface area contributed by atoms with Gasteiger partial charge in [-0.1, -0.05) is 6.08 Å². The van der Waals surface area contributed by atoms with Gasteiger partial charge in [0, 0.05) is 25.5 Å². The standard InChI is InChI=1S/C17H17NO8/c1-11(19)25-14-5-3-4-10-17(14,16(21)24-2)26-15(20)12-6-8-13(9-7-12)18(22)23/h3,5-9,14H,4,10H2,1-2H3/t14-,17-/m1/s1. The smallest absolute Gasteiger partial charge is 0.354 e. The van der Waals surface area contributed by atoms with Crippen LogP contribution in [0.5, 0.6) is 0 Å². The summed E-state index contributed by atoms with van der Waals surface area (Å²) in [4.78, 5) is 46.3. The molecule has 0 spiro atoms. The van der Waals surface area contributed by atoms with Crippen LogP contribution in [0.25, 0.3) is 0 Å². The third-order valence-corrected chi connectivity index (χ3v) is 3.87. The molecule has 1 aliphatic rings. The molecule has 1 aromatic rings. The number of ether oxygens (including phenoxy) is 3. The molecule has 1 aromatic carbocycles. The predicted molar refractivity (Wildman–Crippen MR) is 87.2 cm³/mol. The molecule has 0 fully saturated rings. The van der Waals surface area contributed by atoms with E-state index in [1.54, 1.807) is 6.08 Å². The maximum atomic E-state index is 12.5. The van der Waals surface area contributed by atoms with E-state index >= 15 is 0 Å². The highest BCUT2D eigenvalue weighted by Crippen LogP contribution is 2.33. The van der Waals surface area contributed by atoms with Crippen molar-refractivity contribution in [3.05, 3.63) is 52.1 Å². The number of hydrogen-bond donors (Lipinski definition) is 0. The Labute approximate surface area is 148 Å². The van der Waals surface area contributed by atoms with E-state index in [0.717, 1.165) is 19.2 Å². The minimum atomic E-state index is -1.83. The number of methoxy groups -OCH3 is 1. The molecule has 0 heterocycles. The lowest BCUT2D eigenvalue weighted by Gasteiger charge is -2.37. The number of carbonyl (C=O) groups is 3. The first-order chi connectivity index (χ1) is 12.3. The minimum Gasteiger partial charge on any atom is -0.466 e. The van der Waals surface area contributed by atoms with Gasteiger partial charge < -0.3 is 14.2 Å². The molecule has 138 valence electrons. The summed E-state index contributed by atoms with van der Waals surface area (Å²) in [6, 6.07) is 4.72. The van der Waals surface area contributed by atoms with E-state index in [0.29, 0.717) is 6.42 Å². The number of benzene rings is 1. The van der Waals surface area contributed by atoms with Gasteiger partial charge in [0.2, 0.25) is 5.60 Å². The number of esters is 3. The van der Waals surface area contributed by atoms with Crippen molar-refractivity contribution in [2.24, 2.45) is 0 Å². The highest BCUT2D eigenvalue weighted by molar-refractivity contribution is 5.93. The van der Waals surface area contributed by atoms with E-state index in [4.69, 9.17) is 14.2 Å². The topological polar surface area (TPSA) is 122 Å². The Bertz CT molecular complexity index is 755. The highest BCUT2D eigenvalue weighted by atomic mass is 16.6. The molecular formula is C17H17NO8. The van der Waals surface area contributed by atoms with E-state index in [-0.39, 0.29) is 17.7 Å². The summed E-state index contributed by atoms with van der Waals surface area (Å²) in [5.41, 5.74) is -2.01. The van der Waals surface area contributed by atoms with Gasteiger partial charge in [0.15, 0.2) is 6.10 Å². The first-order valence-corrected chi connectivity index (χ1v) is 7.70. The van der Waals surface area contributed by atoms with Crippen molar-refractivity contribution in [2.75, 3.05) is 7.11 Å². The molecule has 2 rings (SSSR count). The Balaban J connectivity index is 2.33. The molecule has 26 heavy (non-hydrogen) atoms. The average molecular weight is 363 g/mol. The fourth-order valence-corrected chi connectivity index (χ4v) is 2.61. The number of nitro benzene ring substituents is 1. The molecule has 0 saturated heterocycles. The molecule has 0 aliphatic heterocycles. The van der Waals surface area contributed by atoms with Gasteiger partial charge in [0.1, 0.15) is 0 Å². The number of non-ortho nitro benzene ring substituents is 1. The number of carbonyl (C=O) groups excluding carboxylic acids is 3. The molecule has 0 aromatic heterocycles. The lowest BCUT2D eigenvalue weighted by Crippen LogP contribution is -2.55. The normalized spacial score (nSPS) is 21.5. The molecule has 2 atom stereocenters. The Hall–Kier alpha value is -3.23. The molecular weight excluding hydrogens is 346 g/mol. The molecule has 0 amide bonds. The Kier molecular flexibility index (Phi) is 5.71. The van der Waals surface area contributed by atoms with Crippen LogP contribution in [0.15, 0.2) is 36.4 Å². The number of hydrogen-bond acceptors (Lipinski definition) is 8. The zero-order valence-electron chi connectivity index (χ0n) is 14.2. The van der Waals surface area contributed by atoms with Crippen LogP contribution in [-0.2, 0) is 23.8 Å². The fourth-order valence-electron chi connectivity index (χ4n) is 2.61. The van der Waals surface area contributed by atoms with E-state index < -0.39 is 34.5 Å². The van der Waals surface area contributed by atoms with Gasteiger partial charge in [0.25, 0.3) is 5.69 Å². The summed E-state index contributed by atoms with van der Waals surface area (Å²) in [7, 11) is 1.13. The average Bonchev–Trinajstić information content (AvgIpc) is 2.62. The summed E-state index contributed by atoms with van der Waals surface area (Å²) in [6.45, 7) is 1.17. The second kappa shape index (κ2) is 7.77. The van der Waals surface area contributed by atoms with Crippen molar-refractivity contribution in [3.63, 3.8) is 0 Å². The molecule has 0 saturated carbocycles. The maximum Gasteiger partial charge on any atom is 0.354 e. The maximum absolute atomic E-state index is 12.5. The van der Waals surface area contributed by atoms with Crippen LogP contribution in [0.3, 0.4) is 0 Å². The first kappa shape index (κ1) is 19.1. The van der Waals surface area contributed by atoms with Crippen molar-refractivity contribution in [2.45, 2.75) is 31.5 Å². The highest BCUT2D eigenvalue weighted by Gasteiger charge is 2.52. The second-order valence-electron chi connectivity index (χ2n) is 5.57. The summed E-state index contributed by atoms with van der Waals surface area (Å²) >= 11 is 0. The van der Waals surface area contributed by atoms with Crippen LogP contribution in [0, 0.1) is 10.1 Å². The SMILES string of the molecule is COC(=O)[C@@]1(OC(=O)c2ccc([N+](=O)[O-])cc2)CCC=C[C@H]1OC(C)=O. The van der Waals surface area contributed by atoms with Gasteiger partial charge >= 0.3 is 17.9 Å². The lowest BCUT2D eigenvalue weighted by atomic mass is 9.86. The van der Waals surface area contributed by atoms with Crippen molar-refractivity contribution < 1.29 is 33.5 Å². The number of rotatable bonds is 5. The quantitative estimate of drug-likeness (QED) is 0.256. The molecule has 1 aliphatic carbocycles. The third kappa shape index (κ3) is 3.88. The van der Waals surface area contributed by atoms with Gasteiger partial charge in [0.05, 0.1) is 17.6 Å². The lowest BCUT2D eigenvalue weighted by molar-refractivity contribution is -0.384. The van der Waals surface area contributed by atoms with Crippen LogP contribution >= 0.6 is 0 Å². The van der Waals surface area contributed by atoms with Gasteiger partial charge in [-0.15, -0.1) is 0 Å². The van der Waals surface area contributed by atoms with Crippen LogP contribution in [-0.4, -0.2) is 41.6 Å². The van der Waals surface area contributed by atoms with E-state index in [9.17, 15) is 24.5 Å². The van der Waals surface area contributed by atoms with Crippen molar-refractivity contribution in [1.29, 1.82) is 0 Å². The molecule has 9 heteroatoms. The molecule has 0 N–H and O–H groups in total. The van der Waals surface area contributed by atoms with Gasteiger partial charge in [-0.05, 0) is 24.6 Å². The summed E-state index contributed by atoms with van der Waals surface area (Å²) in [6.07, 6.45) is 2.50. The summed E-state index contributed by atoms with van der Waals surface area (Å²) in [5, 5.41) is 10.7. The Morgan fingerprint density at radius 3 is 2.42 bits per heavy atom. The Morgan fingerprint density at radius 1 is 1.23 bits per heavy atom. The van der Waals surface area contributed by atoms with Gasteiger partial charge in [-0.25, -0.2) is 9.59 Å². The van der Waals surface area contributed by atoms with Crippen LogP contribution in [0.2, 0.25) is 0 Å². The fraction of sp³-hybridized carbons (Fsp3) is 0.353.